The summed E-state index contributed by atoms with van der Waals surface area (Å²) in [5.74, 6) is -1.02. The highest BCUT2D eigenvalue weighted by atomic mass is 16.6. The van der Waals surface area contributed by atoms with Crippen LogP contribution in [0.25, 0.3) is 0 Å². The molecule has 0 aliphatic carbocycles. The van der Waals surface area contributed by atoms with Gasteiger partial charge in [-0.25, -0.2) is 0 Å². The van der Waals surface area contributed by atoms with Gasteiger partial charge in [-0.05, 0) is 116 Å². The molecule has 6 heteroatoms. The molecule has 1 atom stereocenters. The van der Waals surface area contributed by atoms with Crippen molar-refractivity contribution < 1.29 is 28.6 Å². The molecule has 0 bridgehead atoms. The van der Waals surface area contributed by atoms with Crippen LogP contribution in [0.2, 0.25) is 0 Å². The zero-order chi connectivity index (χ0) is 45.1. The molecule has 0 aromatic carbocycles. The summed E-state index contributed by atoms with van der Waals surface area (Å²) in [6.07, 6.45) is 66.6. The maximum Gasteiger partial charge on any atom is 0.306 e. The lowest BCUT2D eigenvalue weighted by molar-refractivity contribution is -0.167. The van der Waals surface area contributed by atoms with Crippen molar-refractivity contribution in [2.75, 3.05) is 13.2 Å². The van der Waals surface area contributed by atoms with E-state index >= 15 is 0 Å². The van der Waals surface area contributed by atoms with Crippen LogP contribution in [0.3, 0.4) is 0 Å². The van der Waals surface area contributed by atoms with Gasteiger partial charge in [-0.1, -0.05) is 182 Å². The van der Waals surface area contributed by atoms with Crippen molar-refractivity contribution in [3.63, 3.8) is 0 Å². The normalized spacial score (nSPS) is 13.0. The number of carbonyl (C=O) groups is 3. The average Bonchev–Trinajstić information content (AvgIpc) is 3.27. The fourth-order valence-corrected chi connectivity index (χ4v) is 6.32. The quantitative estimate of drug-likeness (QED) is 0.0200. The van der Waals surface area contributed by atoms with E-state index in [0.717, 1.165) is 122 Å². The van der Waals surface area contributed by atoms with Crippen molar-refractivity contribution in [2.24, 2.45) is 0 Å². The van der Waals surface area contributed by atoms with E-state index in [1.165, 1.54) is 44.9 Å². The fraction of sp³-hybridized carbons (Fsp3) is 0.625. The van der Waals surface area contributed by atoms with Gasteiger partial charge in [-0.15, -0.1) is 0 Å². The fourth-order valence-electron chi connectivity index (χ4n) is 6.32. The maximum atomic E-state index is 12.8. The molecule has 0 fully saturated rings. The molecule has 0 N–H and O–H groups in total. The standard InChI is InChI=1S/C56H90O6/c1-4-7-10-13-16-19-21-23-25-27-28-29-31-32-34-37-40-43-46-49-55(58)61-52-53(51-60-54(57)48-45-42-39-36-18-15-12-9-6-3)62-56(59)50-47-44-41-38-35-33-30-26-24-22-20-17-14-11-8-5-2/h7,9-10,12,16,18-19,23,25-26,28-30,32-36,53H,4-6,8,11,13-15,17,20-22,24,27,31,37-52H2,1-3H3/b10-7-,12-9-,19-16-,25-23-,29-28-,30-26-,34-32-,35-33-,36-18-. The third-order valence-electron chi connectivity index (χ3n) is 10.0. The molecule has 0 rings (SSSR count). The van der Waals surface area contributed by atoms with Gasteiger partial charge in [-0.2, -0.15) is 0 Å². The Kier molecular flexibility index (Phi) is 46.6. The number of allylic oxidation sites excluding steroid dienone is 18. The molecule has 0 aromatic rings. The molecular weight excluding hydrogens is 769 g/mol. The lowest BCUT2D eigenvalue weighted by atomic mass is 10.1. The molecule has 0 heterocycles. The molecule has 350 valence electrons. The molecule has 0 aromatic heterocycles. The zero-order valence-corrected chi connectivity index (χ0v) is 39.8. The first-order valence-corrected chi connectivity index (χ1v) is 24.9. The highest BCUT2D eigenvalue weighted by molar-refractivity contribution is 5.71. The van der Waals surface area contributed by atoms with Crippen LogP contribution in [0, 0.1) is 0 Å². The molecule has 0 saturated heterocycles. The first-order chi connectivity index (χ1) is 30.5. The van der Waals surface area contributed by atoms with Crippen molar-refractivity contribution in [1.29, 1.82) is 0 Å². The number of hydrogen-bond donors (Lipinski definition) is 0. The van der Waals surface area contributed by atoms with Crippen molar-refractivity contribution in [1.82, 2.24) is 0 Å². The second-order valence-corrected chi connectivity index (χ2v) is 16.0. The summed E-state index contributed by atoms with van der Waals surface area (Å²) in [7, 11) is 0. The number of unbranched alkanes of at least 4 members (excludes halogenated alkanes) is 15. The maximum absolute atomic E-state index is 12.8. The van der Waals surface area contributed by atoms with Crippen molar-refractivity contribution in [3.8, 4) is 0 Å². The molecule has 0 aliphatic heterocycles. The topological polar surface area (TPSA) is 78.9 Å². The van der Waals surface area contributed by atoms with Gasteiger partial charge in [0.05, 0.1) is 0 Å². The lowest BCUT2D eigenvalue weighted by Crippen LogP contribution is -2.30. The molecule has 1 unspecified atom stereocenters. The molecule has 0 amide bonds. The highest BCUT2D eigenvalue weighted by Gasteiger charge is 2.19. The van der Waals surface area contributed by atoms with Crippen molar-refractivity contribution >= 4 is 17.9 Å². The Morgan fingerprint density at radius 1 is 0.355 bits per heavy atom. The number of hydrogen-bond acceptors (Lipinski definition) is 6. The van der Waals surface area contributed by atoms with E-state index in [9.17, 15) is 14.4 Å². The Labute approximate surface area is 380 Å². The minimum Gasteiger partial charge on any atom is -0.462 e. The van der Waals surface area contributed by atoms with Gasteiger partial charge in [0.15, 0.2) is 6.10 Å². The van der Waals surface area contributed by atoms with E-state index in [0.29, 0.717) is 12.8 Å². The second-order valence-electron chi connectivity index (χ2n) is 16.0. The molecule has 0 radical (unpaired) electrons. The minimum atomic E-state index is -0.819. The van der Waals surface area contributed by atoms with E-state index in [1.807, 2.05) is 0 Å². The molecule has 0 spiro atoms. The molecule has 0 aliphatic rings. The van der Waals surface area contributed by atoms with Gasteiger partial charge in [0.2, 0.25) is 0 Å². The molecular formula is C56H90O6. The van der Waals surface area contributed by atoms with E-state index in [1.54, 1.807) is 0 Å². The third kappa shape index (κ3) is 47.1. The third-order valence-corrected chi connectivity index (χ3v) is 10.0. The highest BCUT2D eigenvalue weighted by Crippen LogP contribution is 2.12. The summed E-state index contributed by atoms with van der Waals surface area (Å²) in [5.41, 5.74) is 0. The number of ether oxygens (including phenoxy) is 3. The van der Waals surface area contributed by atoms with Crippen LogP contribution in [0.4, 0.5) is 0 Å². The Morgan fingerprint density at radius 2 is 0.677 bits per heavy atom. The van der Waals surface area contributed by atoms with E-state index in [-0.39, 0.29) is 37.5 Å². The summed E-state index contributed by atoms with van der Waals surface area (Å²) in [6, 6.07) is 0. The van der Waals surface area contributed by atoms with Crippen LogP contribution in [0.1, 0.15) is 207 Å². The van der Waals surface area contributed by atoms with Gasteiger partial charge in [0.25, 0.3) is 0 Å². The van der Waals surface area contributed by atoms with Crippen LogP contribution >= 0.6 is 0 Å². The first kappa shape index (κ1) is 58.1. The van der Waals surface area contributed by atoms with Crippen molar-refractivity contribution in [2.45, 2.75) is 213 Å². The van der Waals surface area contributed by atoms with Crippen LogP contribution < -0.4 is 0 Å². The van der Waals surface area contributed by atoms with Gasteiger partial charge in [0, 0.05) is 19.3 Å². The van der Waals surface area contributed by atoms with Gasteiger partial charge < -0.3 is 14.2 Å². The van der Waals surface area contributed by atoms with Gasteiger partial charge in [0.1, 0.15) is 13.2 Å². The monoisotopic (exact) mass is 859 g/mol. The van der Waals surface area contributed by atoms with Gasteiger partial charge in [-0.3, -0.25) is 14.4 Å². The summed E-state index contributed by atoms with van der Waals surface area (Å²) < 4.78 is 16.7. The minimum absolute atomic E-state index is 0.119. The molecule has 62 heavy (non-hydrogen) atoms. The summed E-state index contributed by atoms with van der Waals surface area (Å²) >= 11 is 0. The summed E-state index contributed by atoms with van der Waals surface area (Å²) in [5, 5.41) is 0. The molecule has 0 saturated carbocycles. The Hall–Kier alpha value is -3.93. The summed E-state index contributed by atoms with van der Waals surface area (Å²) in [6.45, 7) is 6.29. The number of rotatable bonds is 43. The van der Waals surface area contributed by atoms with Crippen LogP contribution in [-0.2, 0) is 28.6 Å². The summed E-state index contributed by atoms with van der Waals surface area (Å²) in [4.78, 5) is 37.8. The smallest absolute Gasteiger partial charge is 0.306 e. The van der Waals surface area contributed by atoms with Crippen molar-refractivity contribution in [3.05, 3.63) is 109 Å². The Bertz CT molecular complexity index is 1310. The zero-order valence-electron chi connectivity index (χ0n) is 39.8. The predicted octanol–water partition coefficient (Wildman–Crippen LogP) is 16.4. The predicted molar refractivity (Wildman–Crippen MR) is 265 cm³/mol. The van der Waals surface area contributed by atoms with Crippen LogP contribution in [0.5, 0.6) is 0 Å². The van der Waals surface area contributed by atoms with Gasteiger partial charge >= 0.3 is 17.9 Å². The van der Waals surface area contributed by atoms with E-state index in [2.05, 4.69) is 130 Å². The number of esters is 3. The van der Waals surface area contributed by atoms with E-state index in [4.69, 9.17) is 14.2 Å². The molecule has 6 nitrogen and oxygen atoms in total. The number of carbonyl (C=O) groups excluding carboxylic acids is 3. The SMILES string of the molecule is CC/C=C\C/C=C\C/C=C\C/C=C\C/C=C\CCCCCC(=O)OCC(COC(=O)CCCC/C=C\C/C=C\CC)OC(=O)CCCCC/C=C\C=C/CCCCCCCCC. The van der Waals surface area contributed by atoms with Crippen LogP contribution in [-0.4, -0.2) is 37.2 Å². The average molecular weight is 859 g/mol. The first-order valence-electron chi connectivity index (χ1n) is 24.9. The second kappa shape index (κ2) is 49.7. The van der Waals surface area contributed by atoms with Crippen LogP contribution in [0.15, 0.2) is 109 Å². The Balaban J connectivity index is 4.48. The van der Waals surface area contributed by atoms with E-state index < -0.39 is 6.10 Å². The largest absolute Gasteiger partial charge is 0.462 e. The lowest BCUT2D eigenvalue weighted by Gasteiger charge is -2.18. The Morgan fingerprint density at radius 3 is 1.11 bits per heavy atom.